The van der Waals surface area contributed by atoms with Gasteiger partial charge >= 0.3 is 0 Å². The van der Waals surface area contributed by atoms with E-state index in [-0.39, 0.29) is 18.1 Å². The topological polar surface area (TPSA) is 91.6 Å². The molecule has 3 aromatic carbocycles. The molecule has 0 N–H and O–H groups in total. The van der Waals surface area contributed by atoms with E-state index in [1.165, 1.54) is 11.3 Å². The van der Waals surface area contributed by atoms with Gasteiger partial charge in [-0.05, 0) is 90.8 Å². The van der Waals surface area contributed by atoms with Crippen LogP contribution in [0, 0.1) is 0 Å². The van der Waals surface area contributed by atoms with Crippen molar-refractivity contribution in [3.05, 3.63) is 111 Å². The number of hydrogen-bond acceptors (Lipinski definition) is 8. The van der Waals surface area contributed by atoms with Crippen molar-refractivity contribution >= 4 is 62.5 Å². The van der Waals surface area contributed by atoms with Crippen LogP contribution in [-0.4, -0.2) is 49.8 Å². The molecule has 5 rings (SSSR count). The third kappa shape index (κ3) is 7.01. The van der Waals surface area contributed by atoms with Gasteiger partial charge in [-0.3, -0.25) is 14.2 Å². The van der Waals surface area contributed by atoms with Crippen molar-refractivity contribution in [1.29, 1.82) is 0 Å². The third-order valence-electron chi connectivity index (χ3n) is 7.97. The molecule has 1 aliphatic rings. The second-order valence-corrected chi connectivity index (χ2v) is 13.4. The molecule has 0 saturated carbocycles. The number of hydrogen-bond donors (Lipinski definition) is 0. The Morgan fingerprint density at radius 3 is 2.40 bits per heavy atom. The lowest BCUT2D eigenvalue weighted by atomic mass is 9.93. The van der Waals surface area contributed by atoms with Crippen LogP contribution >= 0.6 is 50.5 Å². The minimum absolute atomic E-state index is 0.185. The Labute approximate surface area is 300 Å². The van der Waals surface area contributed by atoms with Crippen LogP contribution < -0.4 is 33.8 Å². The van der Waals surface area contributed by atoms with E-state index in [4.69, 9.17) is 47.1 Å². The van der Waals surface area contributed by atoms with Gasteiger partial charge in [0, 0.05) is 34.3 Å². The van der Waals surface area contributed by atoms with Crippen LogP contribution in [0.3, 0.4) is 0 Å². The molecular formula is C35H34BrCl2N3O6S. The Morgan fingerprint density at radius 1 is 1.02 bits per heavy atom. The predicted octanol–water partition coefficient (Wildman–Crippen LogP) is 6.78. The summed E-state index contributed by atoms with van der Waals surface area (Å²) in [6.07, 6.45) is 1.77. The zero-order valence-electron chi connectivity index (χ0n) is 27.2. The highest BCUT2D eigenvalue weighted by Crippen LogP contribution is 2.39. The Bertz CT molecular complexity index is 2090. The summed E-state index contributed by atoms with van der Waals surface area (Å²) in [6.45, 7) is 6.83. The number of rotatable bonds is 11. The van der Waals surface area contributed by atoms with Crippen LogP contribution in [0.2, 0.25) is 10.0 Å². The molecule has 0 spiro atoms. The monoisotopic (exact) mass is 773 g/mol. The Morgan fingerprint density at radius 2 is 1.75 bits per heavy atom. The van der Waals surface area contributed by atoms with Crippen LogP contribution in [-0.2, 0) is 11.4 Å². The Balaban J connectivity index is 1.63. The number of halogens is 3. The first-order valence-corrected chi connectivity index (χ1v) is 17.4. The summed E-state index contributed by atoms with van der Waals surface area (Å²) in [4.78, 5) is 35.3. The first-order valence-electron chi connectivity index (χ1n) is 15.0. The van der Waals surface area contributed by atoms with Gasteiger partial charge in [-0.15, -0.1) is 0 Å². The fourth-order valence-corrected chi connectivity index (χ4v) is 7.61. The van der Waals surface area contributed by atoms with Gasteiger partial charge in [0.1, 0.15) is 24.1 Å². The van der Waals surface area contributed by atoms with E-state index in [2.05, 4.69) is 15.9 Å². The van der Waals surface area contributed by atoms with E-state index in [1.807, 2.05) is 19.9 Å². The third-order valence-corrected chi connectivity index (χ3v) is 10.1. The summed E-state index contributed by atoms with van der Waals surface area (Å²) in [5.41, 5.74) is 2.68. The molecule has 0 saturated heterocycles. The molecule has 2 heterocycles. The number of likely N-dealkylation sites (N-methyl/N-ethyl adjacent to an activating group) is 1. The van der Waals surface area contributed by atoms with Crippen LogP contribution in [0.15, 0.2) is 74.1 Å². The van der Waals surface area contributed by atoms with Crippen molar-refractivity contribution in [2.45, 2.75) is 33.4 Å². The van der Waals surface area contributed by atoms with Gasteiger partial charge in [0.25, 0.3) is 11.5 Å². The van der Waals surface area contributed by atoms with Crippen LogP contribution in [0.1, 0.15) is 43.5 Å². The van der Waals surface area contributed by atoms with E-state index in [0.29, 0.717) is 82.3 Å². The van der Waals surface area contributed by atoms with Crippen LogP contribution in [0.5, 0.6) is 23.0 Å². The fourth-order valence-electron chi connectivity index (χ4n) is 5.53. The number of thiazole rings is 1. The number of allylic oxidation sites excluding steroid dienone is 1. The summed E-state index contributed by atoms with van der Waals surface area (Å²) < 4.78 is 25.6. The number of amides is 1. The Kier molecular flexibility index (Phi) is 11.2. The van der Waals surface area contributed by atoms with Crippen molar-refractivity contribution in [3.8, 4) is 23.0 Å². The zero-order valence-corrected chi connectivity index (χ0v) is 31.1. The van der Waals surface area contributed by atoms with Crippen LogP contribution in [0.25, 0.3) is 6.08 Å². The maximum atomic E-state index is 14.3. The molecule has 13 heteroatoms. The minimum atomic E-state index is -0.807. The second kappa shape index (κ2) is 15.2. The van der Waals surface area contributed by atoms with Crippen molar-refractivity contribution in [2.75, 3.05) is 34.4 Å². The second-order valence-electron chi connectivity index (χ2n) is 10.7. The molecule has 9 nitrogen and oxygen atoms in total. The van der Waals surface area contributed by atoms with Crippen LogP contribution in [0.4, 0.5) is 0 Å². The van der Waals surface area contributed by atoms with E-state index < -0.39 is 6.04 Å². The lowest BCUT2D eigenvalue weighted by Crippen LogP contribution is -2.43. The average molecular weight is 776 g/mol. The first kappa shape index (κ1) is 35.5. The molecule has 252 valence electrons. The van der Waals surface area contributed by atoms with Gasteiger partial charge in [0.15, 0.2) is 16.3 Å². The van der Waals surface area contributed by atoms with Crippen molar-refractivity contribution in [1.82, 2.24) is 9.47 Å². The molecule has 1 aromatic heterocycles. The molecule has 1 amide bonds. The largest absolute Gasteiger partial charge is 0.497 e. The SMILES string of the molecule is CCN(CC)C(=O)C1=C(C)N=c2s/c(=C/c3cc(Br)c(OCc4ccc(Cl)cc4Cl)c(OC)c3)c(=O)n2[C@H]1c1cc(OC)ccc1OC. The fraction of sp³-hybridized carbons (Fsp3) is 0.286. The van der Waals surface area contributed by atoms with E-state index in [9.17, 15) is 9.59 Å². The first-order chi connectivity index (χ1) is 23.0. The lowest BCUT2D eigenvalue weighted by Gasteiger charge is -2.30. The highest BCUT2D eigenvalue weighted by Gasteiger charge is 2.36. The quantitative estimate of drug-likeness (QED) is 0.167. The van der Waals surface area contributed by atoms with Gasteiger partial charge in [0.05, 0.1) is 41.6 Å². The molecule has 48 heavy (non-hydrogen) atoms. The number of carbonyl (C=O) groups excluding carboxylic acids is 1. The molecule has 1 aliphatic heterocycles. The summed E-state index contributed by atoms with van der Waals surface area (Å²) >= 11 is 17.2. The van der Waals surface area contributed by atoms with E-state index in [1.54, 1.807) is 86.3 Å². The molecule has 0 bridgehead atoms. The molecule has 0 fully saturated rings. The number of ether oxygens (including phenoxy) is 4. The highest BCUT2D eigenvalue weighted by molar-refractivity contribution is 9.10. The summed E-state index contributed by atoms with van der Waals surface area (Å²) in [5, 5.41) is 1.03. The van der Waals surface area contributed by atoms with Gasteiger partial charge in [-0.2, -0.15) is 0 Å². The van der Waals surface area contributed by atoms with Crippen molar-refractivity contribution in [2.24, 2.45) is 4.99 Å². The van der Waals surface area contributed by atoms with Gasteiger partial charge < -0.3 is 23.8 Å². The molecule has 0 radical (unpaired) electrons. The summed E-state index contributed by atoms with van der Waals surface area (Å²) in [7, 11) is 4.66. The standard InChI is InChI=1S/C35H34BrCl2N3O6S/c1-7-40(8-2)34(43)30-19(3)39-35-41(31(30)24-17-23(44-4)11-12-27(24)45-5)33(42)29(48-35)15-20-13-25(36)32(28(14-20)46-6)47-18-21-9-10-22(37)16-26(21)38/h9-17,31H,7-8,18H2,1-6H3/b29-15+/t31-/m0/s1. The smallest absolute Gasteiger partial charge is 0.271 e. The Hall–Kier alpha value is -3.77. The average Bonchev–Trinajstić information content (AvgIpc) is 3.37. The lowest BCUT2D eigenvalue weighted by molar-refractivity contribution is -0.127. The number of benzene rings is 3. The van der Waals surface area contributed by atoms with Gasteiger partial charge in [0.2, 0.25) is 0 Å². The number of fused-ring (bicyclic) bond motifs is 1. The molecule has 0 unspecified atom stereocenters. The maximum absolute atomic E-state index is 14.3. The molecular weight excluding hydrogens is 741 g/mol. The molecule has 4 aromatic rings. The van der Waals surface area contributed by atoms with Gasteiger partial charge in [-0.1, -0.05) is 40.6 Å². The number of aromatic nitrogens is 1. The normalized spacial score (nSPS) is 14.4. The zero-order chi connectivity index (χ0) is 34.7. The highest BCUT2D eigenvalue weighted by atomic mass is 79.9. The summed E-state index contributed by atoms with van der Waals surface area (Å²) in [6, 6.07) is 13.4. The maximum Gasteiger partial charge on any atom is 0.271 e. The predicted molar refractivity (Wildman–Crippen MR) is 193 cm³/mol. The summed E-state index contributed by atoms with van der Waals surface area (Å²) in [5.74, 6) is 1.81. The number of methoxy groups -OCH3 is 3. The molecule has 1 atom stereocenters. The number of carbonyl (C=O) groups is 1. The van der Waals surface area contributed by atoms with Crippen molar-refractivity contribution < 1.29 is 23.7 Å². The van der Waals surface area contributed by atoms with E-state index in [0.717, 1.165) is 5.56 Å². The van der Waals surface area contributed by atoms with Crippen molar-refractivity contribution in [3.63, 3.8) is 0 Å². The number of nitrogens with zero attached hydrogens (tertiary/aromatic N) is 3. The molecule has 0 aliphatic carbocycles. The van der Waals surface area contributed by atoms with Gasteiger partial charge in [-0.25, -0.2) is 4.99 Å². The minimum Gasteiger partial charge on any atom is -0.497 e. The van der Waals surface area contributed by atoms with E-state index >= 15 is 0 Å².